The predicted octanol–water partition coefficient (Wildman–Crippen LogP) is 1.90. The minimum Gasteiger partial charge on any atom is -0.502 e. The van der Waals surface area contributed by atoms with Gasteiger partial charge in [-0.05, 0) is 42.9 Å². The van der Waals surface area contributed by atoms with Crippen LogP contribution in [0.5, 0.6) is 5.75 Å². The molecule has 2 aromatic rings. The van der Waals surface area contributed by atoms with Crippen LogP contribution in [0.2, 0.25) is 5.02 Å². The summed E-state index contributed by atoms with van der Waals surface area (Å²) in [5.41, 5.74) is 0.158. The highest BCUT2D eigenvalue weighted by Crippen LogP contribution is 2.46. The molecule has 3 heterocycles. The maximum atomic E-state index is 13.5. The fourth-order valence-corrected chi connectivity index (χ4v) is 5.00. The third kappa shape index (κ3) is 3.10. The van der Waals surface area contributed by atoms with Gasteiger partial charge in [-0.25, -0.2) is 4.39 Å². The van der Waals surface area contributed by atoms with Gasteiger partial charge < -0.3 is 20.0 Å². The molecule has 1 aromatic carbocycles. The smallest absolute Gasteiger partial charge is 0.295 e. The molecule has 8 nitrogen and oxygen atoms in total. The molecule has 1 saturated carbocycles. The second-order valence-corrected chi connectivity index (χ2v) is 8.83. The fourth-order valence-electron chi connectivity index (χ4n) is 4.80. The van der Waals surface area contributed by atoms with Crippen LogP contribution in [-0.2, 0) is 13.0 Å². The number of hydrogen-bond acceptors (Lipinski definition) is 5. The summed E-state index contributed by atoms with van der Waals surface area (Å²) in [7, 11) is 0. The Hall–Kier alpha value is -2.91. The molecule has 1 fully saturated rings. The standard InChI is InChI=1S/C22H21ClFN3O5/c23-14-9-11(1-4-15(14)24)10-25-6-5-13-16(20(25)30)18(29)22(32)27-17(13)21(31)26(7-8-28)19(27)12-2-3-12/h1,4,9,12,19,28-29H,2-3,5-8,10H2. The molecule has 5 rings (SSSR count). The van der Waals surface area contributed by atoms with Crippen LogP contribution in [0, 0.1) is 11.7 Å². The molecule has 0 bridgehead atoms. The number of aliphatic hydroxyl groups is 1. The Bertz CT molecular complexity index is 1210. The van der Waals surface area contributed by atoms with E-state index in [-0.39, 0.29) is 54.9 Å². The molecule has 1 aromatic heterocycles. The van der Waals surface area contributed by atoms with Crippen molar-refractivity contribution in [2.45, 2.75) is 32.0 Å². The zero-order chi connectivity index (χ0) is 22.7. The minimum atomic E-state index is -0.774. The van der Waals surface area contributed by atoms with Gasteiger partial charge in [-0.2, -0.15) is 0 Å². The molecule has 0 radical (unpaired) electrons. The van der Waals surface area contributed by atoms with Crippen LogP contribution in [0.4, 0.5) is 4.39 Å². The molecule has 168 valence electrons. The number of fused-ring (bicyclic) bond motifs is 3. The molecular formula is C22H21ClFN3O5. The highest BCUT2D eigenvalue weighted by molar-refractivity contribution is 6.30. The van der Waals surface area contributed by atoms with Crippen molar-refractivity contribution in [3.05, 3.63) is 61.8 Å². The summed E-state index contributed by atoms with van der Waals surface area (Å²) in [6.45, 7) is 0.194. The van der Waals surface area contributed by atoms with Gasteiger partial charge in [-0.1, -0.05) is 17.7 Å². The first-order valence-electron chi connectivity index (χ1n) is 10.5. The van der Waals surface area contributed by atoms with Gasteiger partial charge in [0.15, 0.2) is 5.75 Å². The number of carbonyl (C=O) groups is 2. The minimum absolute atomic E-state index is 0.0630. The Kier molecular flexibility index (Phi) is 4.98. The fraction of sp³-hybridized carbons (Fsp3) is 0.409. The topological polar surface area (TPSA) is 103 Å². The number of hydrogen-bond donors (Lipinski definition) is 2. The van der Waals surface area contributed by atoms with Crippen LogP contribution in [0.15, 0.2) is 23.0 Å². The zero-order valence-electron chi connectivity index (χ0n) is 17.1. The van der Waals surface area contributed by atoms with Crippen LogP contribution in [0.1, 0.15) is 51.0 Å². The van der Waals surface area contributed by atoms with E-state index in [9.17, 15) is 29.0 Å². The Balaban J connectivity index is 1.56. The lowest BCUT2D eigenvalue weighted by Gasteiger charge is -2.30. The van der Waals surface area contributed by atoms with Gasteiger partial charge in [-0.15, -0.1) is 0 Å². The first-order chi connectivity index (χ1) is 15.3. The summed E-state index contributed by atoms with van der Waals surface area (Å²) in [5.74, 6) is -2.12. The highest BCUT2D eigenvalue weighted by atomic mass is 35.5. The summed E-state index contributed by atoms with van der Waals surface area (Å²) in [6.07, 6.45) is 1.41. The van der Waals surface area contributed by atoms with Crippen LogP contribution in [0.25, 0.3) is 0 Å². The van der Waals surface area contributed by atoms with Crippen LogP contribution in [-0.4, -0.2) is 56.1 Å². The molecular weight excluding hydrogens is 441 g/mol. The molecule has 2 aliphatic heterocycles. The summed E-state index contributed by atoms with van der Waals surface area (Å²) in [6, 6.07) is 4.15. The van der Waals surface area contributed by atoms with Gasteiger partial charge >= 0.3 is 0 Å². The quantitative estimate of drug-likeness (QED) is 0.708. The highest BCUT2D eigenvalue weighted by Gasteiger charge is 2.49. The van der Waals surface area contributed by atoms with E-state index in [1.807, 2.05) is 0 Å². The molecule has 32 heavy (non-hydrogen) atoms. The lowest BCUT2D eigenvalue weighted by molar-refractivity contribution is 0.0612. The third-order valence-corrected chi connectivity index (χ3v) is 6.70. The SMILES string of the molecule is O=C1c2c(c3n(c(=O)c2O)C(C2CC2)N(CCO)C3=O)CCN1Cc1ccc(F)c(Cl)c1. The molecule has 0 saturated heterocycles. The summed E-state index contributed by atoms with van der Waals surface area (Å²) in [5, 5.41) is 20.1. The lowest BCUT2D eigenvalue weighted by atomic mass is 9.95. The summed E-state index contributed by atoms with van der Waals surface area (Å²) >= 11 is 5.84. The maximum Gasteiger partial charge on any atom is 0.295 e. The zero-order valence-corrected chi connectivity index (χ0v) is 17.8. The van der Waals surface area contributed by atoms with Crippen molar-refractivity contribution in [2.75, 3.05) is 19.7 Å². The number of benzene rings is 1. The number of aliphatic hydroxyl groups excluding tert-OH is 1. The van der Waals surface area contributed by atoms with Gasteiger partial charge in [0.2, 0.25) is 0 Å². The van der Waals surface area contributed by atoms with Crippen molar-refractivity contribution in [1.29, 1.82) is 0 Å². The second kappa shape index (κ2) is 7.60. The number of nitrogens with zero attached hydrogens (tertiary/aromatic N) is 3. The van der Waals surface area contributed by atoms with E-state index in [0.717, 1.165) is 12.8 Å². The normalized spacial score (nSPS) is 20.0. The number of rotatable bonds is 5. The molecule has 10 heteroatoms. The number of aromatic nitrogens is 1. The van der Waals surface area contributed by atoms with Crippen molar-refractivity contribution in [2.24, 2.45) is 5.92 Å². The number of carbonyl (C=O) groups excluding carboxylic acids is 2. The largest absolute Gasteiger partial charge is 0.502 e. The van der Waals surface area contributed by atoms with E-state index in [2.05, 4.69) is 0 Å². The van der Waals surface area contributed by atoms with E-state index in [1.165, 1.54) is 32.6 Å². The lowest BCUT2D eigenvalue weighted by Crippen LogP contribution is -2.40. The third-order valence-electron chi connectivity index (χ3n) is 6.41. The monoisotopic (exact) mass is 461 g/mol. The van der Waals surface area contributed by atoms with Crippen LogP contribution in [0.3, 0.4) is 0 Å². The van der Waals surface area contributed by atoms with Gasteiger partial charge in [0.25, 0.3) is 17.4 Å². The van der Waals surface area contributed by atoms with Crippen molar-refractivity contribution >= 4 is 23.4 Å². The van der Waals surface area contributed by atoms with E-state index in [0.29, 0.717) is 11.1 Å². The van der Waals surface area contributed by atoms with Crippen LogP contribution < -0.4 is 5.56 Å². The van der Waals surface area contributed by atoms with Gasteiger partial charge in [0, 0.05) is 25.2 Å². The molecule has 1 aliphatic carbocycles. The number of amides is 2. The molecule has 1 atom stereocenters. The Morgan fingerprint density at radius 2 is 1.91 bits per heavy atom. The van der Waals surface area contributed by atoms with E-state index >= 15 is 0 Å². The molecule has 2 amide bonds. The van der Waals surface area contributed by atoms with Crippen LogP contribution >= 0.6 is 11.6 Å². The van der Waals surface area contributed by atoms with E-state index in [1.54, 1.807) is 0 Å². The summed E-state index contributed by atoms with van der Waals surface area (Å²) < 4.78 is 14.8. The van der Waals surface area contributed by atoms with E-state index < -0.39 is 35.1 Å². The van der Waals surface area contributed by atoms with Gasteiger partial charge in [0.1, 0.15) is 17.7 Å². The number of aromatic hydroxyl groups is 1. The number of halogens is 2. The maximum absolute atomic E-state index is 13.5. The molecule has 3 aliphatic rings. The second-order valence-electron chi connectivity index (χ2n) is 8.42. The first-order valence-corrected chi connectivity index (χ1v) is 10.9. The predicted molar refractivity (Wildman–Crippen MR) is 112 cm³/mol. The van der Waals surface area contributed by atoms with Crippen molar-refractivity contribution in [1.82, 2.24) is 14.4 Å². The molecule has 2 N–H and O–H groups in total. The average molecular weight is 462 g/mol. The van der Waals surface area contributed by atoms with E-state index in [4.69, 9.17) is 11.6 Å². The van der Waals surface area contributed by atoms with Crippen molar-refractivity contribution in [3.8, 4) is 5.75 Å². The van der Waals surface area contributed by atoms with Gasteiger partial charge in [0.05, 0.1) is 17.2 Å². The average Bonchev–Trinajstić information content (AvgIpc) is 3.56. The van der Waals surface area contributed by atoms with Crippen molar-refractivity contribution in [3.63, 3.8) is 0 Å². The molecule has 0 spiro atoms. The van der Waals surface area contributed by atoms with Crippen molar-refractivity contribution < 1.29 is 24.2 Å². The van der Waals surface area contributed by atoms with Gasteiger partial charge in [-0.3, -0.25) is 19.0 Å². The first kappa shape index (κ1) is 21.0. The Labute approximate surface area is 187 Å². The Morgan fingerprint density at radius 3 is 2.56 bits per heavy atom. The number of β-amino-alcohol motifs (C(OH)–C–C–N with tert-alkyl or cyclic N) is 1. The molecule has 1 unspecified atom stereocenters. The summed E-state index contributed by atoms with van der Waals surface area (Å²) in [4.78, 5) is 42.4. The Morgan fingerprint density at radius 1 is 1.16 bits per heavy atom. The number of pyridine rings is 1.